The molecular formula is C27H36N2O4S. The predicted molar refractivity (Wildman–Crippen MR) is 138 cm³/mol. The number of piperidine rings is 1. The lowest BCUT2D eigenvalue weighted by atomic mass is 9.92. The van der Waals surface area contributed by atoms with Gasteiger partial charge in [-0.05, 0) is 59.6 Å². The number of nitrogens with one attached hydrogen (secondary N) is 1. The van der Waals surface area contributed by atoms with Crippen LogP contribution in [0.2, 0.25) is 0 Å². The Kier molecular flexibility index (Phi) is 8.55. The van der Waals surface area contributed by atoms with Gasteiger partial charge in [0, 0.05) is 24.9 Å². The summed E-state index contributed by atoms with van der Waals surface area (Å²) in [6, 6.07) is 11.1. The Labute approximate surface area is 204 Å². The van der Waals surface area contributed by atoms with E-state index in [1.165, 1.54) is 17.5 Å². The Morgan fingerprint density at radius 3 is 2.18 bits per heavy atom. The SMILES string of the molecule is COc1ccc(/C=C/C(=O)Nc2c(C(C)C)cccc2C(C)C)cc1S(=O)(=O)N1CCCCC1. The fraction of sp³-hybridized carbons (Fsp3) is 0.444. The highest BCUT2D eigenvalue weighted by Crippen LogP contribution is 2.33. The van der Waals surface area contributed by atoms with Crippen LogP contribution in [0.3, 0.4) is 0 Å². The molecule has 0 radical (unpaired) electrons. The molecule has 7 heteroatoms. The third-order valence-electron chi connectivity index (χ3n) is 6.17. The molecule has 184 valence electrons. The smallest absolute Gasteiger partial charge is 0.248 e. The van der Waals surface area contributed by atoms with Crippen LogP contribution in [-0.2, 0) is 14.8 Å². The van der Waals surface area contributed by atoms with Gasteiger partial charge in [0.1, 0.15) is 10.6 Å². The molecule has 0 aliphatic carbocycles. The van der Waals surface area contributed by atoms with Gasteiger partial charge in [0.05, 0.1) is 7.11 Å². The third kappa shape index (κ3) is 5.88. The molecule has 1 heterocycles. The van der Waals surface area contributed by atoms with Crippen molar-refractivity contribution in [3.05, 3.63) is 59.2 Å². The van der Waals surface area contributed by atoms with Crippen molar-refractivity contribution in [3.8, 4) is 5.75 Å². The van der Waals surface area contributed by atoms with E-state index in [-0.39, 0.29) is 22.6 Å². The number of ether oxygens (including phenoxy) is 1. The summed E-state index contributed by atoms with van der Waals surface area (Å²) < 4.78 is 33.3. The van der Waals surface area contributed by atoms with Gasteiger partial charge in [0.25, 0.3) is 0 Å². The molecule has 1 aliphatic rings. The van der Waals surface area contributed by atoms with Gasteiger partial charge in [-0.25, -0.2) is 8.42 Å². The zero-order chi connectivity index (χ0) is 24.9. The molecule has 1 fully saturated rings. The maximum Gasteiger partial charge on any atom is 0.248 e. The van der Waals surface area contributed by atoms with Crippen LogP contribution < -0.4 is 10.1 Å². The van der Waals surface area contributed by atoms with E-state index in [0.717, 1.165) is 36.1 Å². The minimum absolute atomic E-state index is 0.131. The maximum absolute atomic E-state index is 13.2. The molecule has 3 rings (SSSR count). The van der Waals surface area contributed by atoms with Crippen LogP contribution in [0.15, 0.2) is 47.4 Å². The molecule has 2 aromatic rings. The first-order valence-electron chi connectivity index (χ1n) is 11.9. The first-order chi connectivity index (χ1) is 16.1. The summed E-state index contributed by atoms with van der Waals surface area (Å²) in [6.07, 6.45) is 5.84. The molecule has 0 saturated carbocycles. The Morgan fingerprint density at radius 2 is 1.62 bits per heavy atom. The minimum atomic E-state index is -3.67. The molecule has 0 aromatic heterocycles. The highest BCUT2D eigenvalue weighted by molar-refractivity contribution is 7.89. The van der Waals surface area contributed by atoms with Crippen molar-refractivity contribution >= 4 is 27.7 Å². The van der Waals surface area contributed by atoms with Crippen LogP contribution in [-0.4, -0.2) is 38.8 Å². The molecule has 0 unspecified atom stereocenters. The number of hydrogen-bond donors (Lipinski definition) is 1. The van der Waals surface area contributed by atoms with Crippen LogP contribution in [0.5, 0.6) is 5.75 Å². The topological polar surface area (TPSA) is 75.7 Å². The average Bonchev–Trinajstić information content (AvgIpc) is 2.83. The number of amides is 1. The average molecular weight is 485 g/mol. The summed E-state index contributed by atoms with van der Waals surface area (Å²) in [5.41, 5.74) is 3.65. The predicted octanol–water partition coefficient (Wildman–Crippen LogP) is 5.77. The van der Waals surface area contributed by atoms with Crippen molar-refractivity contribution in [2.75, 3.05) is 25.5 Å². The maximum atomic E-state index is 13.2. The normalized spacial score (nSPS) is 15.3. The van der Waals surface area contributed by atoms with Gasteiger partial charge in [-0.15, -0.1) is 0 Å². The summed E-state index contributed by atoms with van der Waals surface area (Å²) >= 11 is 0. The van der Waals surface area contributed by atoms with Gasteiger partial charge >= 0.3 is 0 Å². The molecular weight excluding hydrogens is 448 g/mol. The van der Waals surface area contributed by atoms with Gasteiger partial charge < -0.3 is 10.1 Å². The second kappa shape index (κ2) is 11.2. The molecule has 0 bridgehead atoms. The lowest BCUT2D eigenvalue weighted by Crippen LogP contribution is -2.35. The van der Waals surface area contributed by atoms with Crippen molar-refractivity contribution in [1.82, 2.24) is 4.31 Å². The summed E-state index contributed by atoms with van der Waals surface area (Å²) in [7, 11) is -2.21. The van der Waals surface area contributed by atoms with E-state index in [4.69, 9.17) is 4.74 Å². The first kappa shape index (κ1) is 26.0. The summed E-state index contributed by atoms with van der Waals surface area (Å²) in [4.78, 5) is 13.0. The fourth-order valence-electron chi connectivity index (χ4n) is 4.28. The number of nitrogens with zero attached hydrogens (tertiary/aromatic N) is 1. The van der Waals surface area contributed by atoms with Gasteiger partial charge in [-0.1, -0.05) is 58.4 Å². The van der Waals surface area contributed by atoms with E-state index in [9.17, 15) is 13.2 Å². The highest BCUT2D eigenvalue weighted by atomic mass is 32.2. The van der Waals surface area contributed by atoms with Crippen molar-refractivity contribution in [3.63, 3.8) is 0 Å². The van der Waals surface area contributed by atoms with Crippen LogP contribution in [0.1, 0.15) is 75.5 Å². The highest BCUT2D eigenvalue weighted by Gasteiger charge is 2.29. The number of rotatable bonds is 8. The molecule has 1 amide bonds. The molecule has 34 heavy (non-hydrogen) atoms. The Balaban J connectivity index is 1.87. The largest absolute Gasteiger partial charge is 0.495 e. The van der Waals surface area contributed by atoms with Gasteiger partial charge in [-0.2, -0.15) is 4.31 Å². The number of methoxy groups -OCH3 is 1. The van der Waals surface area contributed by atoms with Crippen molar-refractivity contribution in [2.45, 2.75) is 63.7 Å². The van der Waals surface area contributed by atoms with Gasteiger partial charge in [-0.3, -0.25) is 4.79 Å². The summed E-state index contributed by atoms with van der Waals surface area (Å²) in [5.74, 6) is 0.579. The second-order valence-electron chi connectivity index (χ2n) is 9.32. The van der Waals surface area contributed by atoms with Crippen LogP contribution in [0.4, 0.5) is 5.69 Å². The Morgan fingerprint density at radius 1 is 1.00 bits per heavy atom. The number of sulfonamides is 1. The Bertz CT molecular complexity index is 1120. The first-order valence-corrected chi connectivity index (χ1v) is 13.4. The number of anilines is 1. The van der Waals surface area contributed by atoms with Gasteiger partial charge in [0.15, 0.2) is 0 Å². The zero-order valence-corrected chi connectivity index (χ0v) is 21.6. The second-order valence-corrected chi connectivity index (χ2v) is 11.2. The Hall–Kier alpha value is -2.64. The molecule has 0 spiro atoms. The molecule has 2 aromatic carbocycles. The monoisotopic (exact) mass is 484 g/mol. The summed E-state index contributed by atoms with van der Waals surface area (Å²) in [6.45, 7) is 9.45. The number of para-hydroxylation sites is 1. The van der Waals surface area contributed by atoms with Crippen LogP contribution >= 0.6 is 0 Å². The lowest BCUT2D eigenvalue weighted by Gasteiger charge is -2.26. The third-order valence-corrected chi connectivity index (χ3v) is 8.09. The van der Waals surface area contributed by atoms with Crippen LogP contribution in [0, 0.1) is 0 Å². The number of hydrogen-bond acceptors (Lipinski definition) is 4. The standard InChI is InChI=1S/C27H36N2O4S/c1-19(2)22-10-9-11-23(20(3)4)27(22)28-26(30)15-13-21-12-14-24(33-5)25(18-21)34(31,32)29-16-7-6-8-17-29/h9-15,18-20H,6-8,16-17H2,1-5H3,(H,28,30)/b15-13+. The molecule has 1 aliphatic heterocycles. The summed E-state index contributed by atoms with van der Waals surface area (Å²) in [5, 5.41) is 3.05. The molecule has 1 saturated heterocycles. The quantitative estimate of drug-likeness (QED) is 0.483. The number of carbonyl (C=O) groups excluding carboxylic acids is 1. The van der Waals surface area contributed by atoms with Crippen molar-refractivity contribution in [2.24, 2.45) is 0 Å². The van der Waals surface area contributed by atoms with Crippen molar-refractivity contribution in [1.29, 1.82) is 0 Å². The zero-order valence-electron chi connectivity index (χ0n) is 20.8. The van der Waals surface area contributed by atoms with E-state index in [0.29, 0.717) is 24.4 Å². The number of carbonyl (C=O) groups is 1. The van der Waals surface area contributed by atoms with Crippen molar-refractivity contribution < 1.29 is 17.9 Å². The van der Waals surface area contributed by atoms with Crippen LogP contribution in [0.25, 0.3) is 6.08 Å². The molecule has 0 atom stereocenters. The van der Waals surface area contributed by atoms with E-state index in [1.807, 2.05) is 18.2 Å². The molecule has 6 nitrogen and oxygen atoms in total. The van der Waals surface area contributed by atoms with Gasteiger partial charge in [0.2, 0.25) is 15.9 Å². The van der Waals surface area contributed by atoms with E-state index in [1.54, 1.807) is 24.3 Å². The minimum Gasteiger partial charge on any atom is -0.495 e. The van der Waals surface area contributed by atoms with E-state index < -0.39 is 10.0 Å². The fourth-order valence-corrected chi connectivity index (χ4v) is 5.98. The van der Waals surface area contributed by atoms with E-state index in [2.05, 4.69) is 33.0 Å². The van der Waals surface area contributed by atoms with E-state index >= 15 is 0 Å². The lowest BCUT2D eigenvalue weighted by molar-refractivity contribution is -0.111. The molecule has 1 N–H and O–H groups in total. The number of benzene rings is 2.